The van der Waals surface area contributed by atoms with E-state index in [4.69, 9.17) is 9.47 Å². The molecule has 1 fully saturated rings. The maximum atomic E-state index is 12.8. The lowest BCUT2D eigenvalue weighted by Crippen LogP contribution is -2.24. The number of aliphatic hydroxyl groups excluding tert-OH is 1. The summed E-state index contributed by atoms with van der Waals surface area (Å²) in [6, 6.07) is 4.96. The average Bonchev–Trinajstić information content (AvgIpc) is 3.39. The van der Waals surface area contributed by atoms with Crippen LogP contribution in [0, 0.1) is 6.92 Å². The molecule has 12 heteroatoms. The van der Waals surface area contributed by atoms with Gasteiger partial charge in [-0.05, 0) is 25.1 Å². The maximum absolute atomic E-state index is 12.8. The number of thiazole rings is 1. The third-order valence-electron chi connectivity index (χ3n) is 4.69. The predicted molar refractivity (Wildman–Crippen MR) is 111 cm³/mol. The van der Waals surface area contributed by atoms with Crippen LogP contribution in [0.1, 0.15) is 33.0 Å². The van der Waals surface area contributed by atoms with Gasteiger partial charge in [-0.3, -0.25) is 4.79 Å². The second-order valence-corrected chi connectivity index (χ2v) is 8.62. The Morgan fingerprint density at radius 1 is 1.24 bits per heavy atom. The molecule has 2 aromatic heterocycles. The van der Waals surface area contributed by atoms with E-state index < -0.39 is 24.2 Å². The lowest BCUT2D eigenvalue weighted by molar-refractivity contribution is -0.145. The summed E-state index contributed by atoms with van der Waals surface area (Å²) in [7, 11) is 0. The van der Waals surface area contributed by atoms with Crippen LogP contribution in [0.3, 0.4) is 0 Å². The zero-order valence-electron chi connectivity index (χ0n) is 17.3. The van der Waals surface area contributed by atoms with Gasteiger partial charge in [0.1, 0.15) is 16.9 Å². The third kappa shape index (κ3) is 5.83. The molecule has 0 bridgehead atoms. The van der Waals surface area contributed by atoms with Crippen LogP contribution in [0.4, 0.5) is 13.2 Å². The van der Waals surface area contributed by atoms with E-state index in [9.17, 15) is 23.1 Å². The molecule has 2 N–H and O–H groups in total. The smallest absolute Gasteiger partial charge is 0.451 e. The summed E-state index contributed by atoms with van der Waals surface area (Å²) in [5.41, 5.74) is 1.27. The topological polar surface area (TPSA) is 106 Å². The Bertz CT molecular complexity index is 1140. The number of hydrogen-bond acceptors (Lipinski definition) is 8. The molecule has 0 aliphatic carbocycles. The van der Waals surface area contributed by atoms with Crippen LogP contribution in [0.5, 0.6) is 5.75 Å². The van der Waals surface area contributed by atoms with Crippen molar-refractivity contribution >= 4 is 17.2 Å². The predicted octanol–water partition coefficient (Wildman–Crippen LogP) is 3.34. The summed E-state index contributed by atoms with van der Waals surface area (Å²) in [4.78, 5) is 24.7. The second-order valence-electron chi connectivity index (χ2n) is 7.38. The summed E-state index contributed by atoms with van der Waals surface area (Å²) >= 11 is 1.46. The number of alkyl halides is 3. The first kappa shape index (κ1) is 23.1. The maximum Gasteiger partial charge on any atom is 0.451 e. The van der Waals surface area contributed by atoms with Crippen molar-refractivity contribution in [1.82, 2.24) is 20.3 Å². The number of amides is 1. The number of ether oxygens (including phenoxy) is 2. The molecular weight excluding hydrogens is 461 g/mol. The van der Waals surface area contributed by atoms with E-state index in [1.165, 1.54) is 11.3 Å². The number of hydrogen-bond donors (Lipinski definition) is 2. The molecule has 3 aromatic rings. The fraction of sp³-hybridized carbons (Fsp3) is 0.333. The summed E-state index contributed by atoms with van der Waals surface area (Å²) < 4.78 is 48.8. The second kappa shape index (κ2) is 9.41. The van der Waals surface area contributed by atoms with E-state index in [1.807, 2.05) is 6.92 Å². The highest BCUT2D eigenvalue weighted by atomic mass is 32.1. The van der Waals surface area contributed by atoms with Crippen LogP contribution in [-0.4, -0.2) is 45.0 Å². The monoisotopic (exact) mass is 480 g/mol. The Morgan fingerprint density at radius 3 is 2.61 bits per heavy atom. The van der Waals surface area contributed by atoms with Crippen LogP contribution in [-0.2, 0) is 17.5 Å². The number of nitrogens with zero attached hydrogens (tertiary/aromatic N) is 3. The molecule has 4 rings (SSSR count). The van der Waals surface area contributed by atoms with Crippen molar-refractivity contribution in [2.24, 2.45) is 0 Å². The van der Waals surface area contributed by atoms with Crippen molar-refractivity contribution in [2.45, 2.75) is 38.5 Å². The van der Waals surface area contributed by atoms with Crippen molar-refractivity contribution in [3.05, 3.63) is 58.6 Å². The fourth-order valence-electron chi connectivity index (χ4n) is 3.14. The first-order chi connectivity index (χ1) is 15.7. The molecule has 2 unspecified atom stereocenters. The summed E-state index contributed by atoms with van der Waals surface area (Å²) in [5.74, 6) is -1.30. The Hall–Kier alpha value is -3.09. The highest BCUT2D eigenvalue weighted by molar-refractivity contribution is 7.14. The van der Waals surface area contributed by atoms with Gasteiger partial charge in [0.2, 0.25) is 5.82 Å². The zero-order chi connectivity index (χ0) is 23.6. The number of aliphatic hydroxyl groups is 1. The quantitative estimate of drug-likeness (QED) is 0.557. The van der Waals surface area contributed by atoms with Crippen LogP contribution < -0.4 is 10.1 Å². The molecule has 8 nitrogen and oxygen atoms in total. The van der Waals surface area contributed by atoms with Crippen molar-refractivity contribution in [3.63, 3.8) is 0 Å². The van der Waals surface area contributed by atoms with Gasteiger partial charge in [-0.25, -0.2) is 15.0 Å². The SMILES string of the molecule is Cc1cnc(-c2cc(OC3COC(O)C3)cc(C(=O)NCc3cnc(C(F)(F)F)nc3)c2)s1. The minimum absolute atomic E-state index is 0.0591. The molecule has 0 spiro atoms. The number of aromatic nitrogens is 3. The summed E-state index contributed by atoms with van der Waals surface area (Å²) in [5, 5.41) is 12.9. The molecule has 33 heavy (non-hydrogen) atoms. The van der Waals surface area contributed by atoms with Crippen LogP contribution in [0.25, 0.3) is 10.6 Å². The number of nitrogens with one attached hydrogen (secondary N) is 1. The van der Waals surface area contributed by atoms with E-state index in [1.54, 1.807) is 24.4 Å². The Kier molecular flexibility index (Phi) is 6.58. The van der Waals surface area contributed by atoms with Gasteiger partial charge in [0.05, 0.1) is 6.61 Å². The standard InChI is InChI=1S/C21H19F3N4O4S/c1-11-6-26-19(33-11)14-2-13(3-15(4-14)32-16-5-17(29)31-10-16)18(30)25-7-12-8-27-20(28-9-12)21(22,23)24/h2-4,6,8-9,16-17,29H,5,7,10H2,1H3,(H,25,30). The van der Waals surface area contributed by atoms with Gasteiger partial charge >= 0.3 is 6.18 Å². The number of rotatable bonds is 6. The minimum atomic E-state index is -4.63. The summed E-state index contributed by atoms with van der Waals surface area (Å²) in [6.45, 7) is 2.08. The molecule has 0 radical (unpaired) electrons. The van der Waals surface area contributed by atoms with Gasteiger partial charge in [0.25, 0.3) is 5.91 Å². The highest BCUT2D eigenvalue weighted by Gasteiger charge is 2.34. The lowest BCUT2D eigenvalue weighted by Gasteiger charge is -2.14. The molecule has 1 aliphatic rings. The van der Waals surface area contributed by atoms with Gasteiger partial charge in [-0.15, -0.1) is 11.3 Å². The summed E-state index contributed by atoms with van der Waals surface area (Å²) in [6.07, 6.45) is -1.83. The zero-order valence-corrected chi connectivity index (χ0v) is 18.1. The van der Waals surface area contributed by atoms with Gasteiger partial charge in [-0.1, -0.05) is 0 Å². The molecule has 1 saturated heterocycles. The number of benzene rings is 1. The van der Waals surface area contributed by atoms with E-state index in [-0.39, 0.29) is 24.8 Å². The van der Waals surface area contributed by atoms with Gasteiger partial charge in [0, 0.05) is 53.1 Å². The fourth-order valence-corrected chi connectivity index (χ4v) is 3.89. The van der Waals surface area contributed by atoms with E-state index in [0.717, 1.165) is 17.3 Å². The van der Waals surface area contributed by atoms with Crippen LogP contribution >= 0.6 is 11.3 Å². The molecule has 174 valence electrons. The largest absolute Gasteiger partial charge is 0.488 e. The van der Waals surface area contributed by atoms with Crippen molar-refractivity contribution in [3.8, 4) is 16.3 Å². The third-order valence-corrected chi connectivity index (χ3v) is 5.65. The van der Waals surface area contributed by atoms with Crippen molar-refractivity contribution < 1.29 is 32.5 Å². The number of carbonyl (C=O) groups is 1. The van der Waals surface area contributed by atoms with E-state index in [2.05, 4.69) is 20.3 Å². The Morgan fingerprint density at radius 2 is 2.00 bits per heavy atom. The van der Waals surface area contributed by atoms with E-state index in [0.29, 0.717) is 28.3 Å². The van der Waals surface area contributed by atoms with Gasteiger partial charge < -0.3 is 19.9 Å². The molecule has 2 atom stereocenters. The normalized spacial score (nSPS) is 18.3. The van der Waals surface area contributed by atoms with Crippen LogP contribution in [0.15, 0.2) is 36.8 Å². The molecule has 1 aliphatic heterocycles. The molecule has 3 heterocycles. The van der Waals surface area contributed by atoms with Gasteiger partial charge in [-0.2, -0.15) is 13.2 Å². The Balaban J connectivity index is 1.52. The van der Waals surface area contributed by atoms with Crippen LogP contribution in [0.2, 0.25) is 0 Å². The molecule has 0 saturated carbocycles. The van der Waals surface area contributed by atoms with Crippen molar-refractivity contribution in [2.75, 3.05) is 6.61 Å². The van der Waals surface area contributed by atoms with Crippen molar-refractivity contribution in [1.29, 1.82) is 0 Å². The molecule has 1 aromatic carbocycles. The average molecular weight is 480 g/mol. The van der Waals surface area contributed by atoms with Gasteiger partial charge in [0.15, 0.2) is 6.29 Å². The number of halogens is 3. The molecular formula is C21H19F3N4O4S. The van der Waals surface area contributed by atoms with E-state index >= 15 is 0 Å². The number of aryl methyl sites for hydroxylation is 1. The highest BCUT2D eigenvalue weighted by Crippen LogP contribution is 2.31. The first-order valence-corrected chi connectivity index (χ1v) is 10.7. The first-order valence-electron chi connectivity index (χ1n) is 9.88. The lowest BCUT2D eigenvalue weighted by atomic mass is 10.1. The Labute approximate surface area is 190 Å². The minimum Gasteiger partial charge on any atom is -0.488 e. The number of carbonyl (C=O) groups excluding carboxylic acids is 1. The molecule has 1 amide bonds.